The fourth-order valence-corrected chi connectivity index (χ4v) is 5.28. The van der Waals surface area contributed by atoms with E-state index >= 15 is 0 Å². The monoisotopic (exact) mass is 427 g/mol. The van der Waals surface area contributed by atoms with Crippen molar-refractivity contribution in [2.45, 2.75) is 71.2 Å². The number of hydrogen-bond donors (Lipinski definition) is 0. The molecule has 132 valence electrons. The van der Waals surface area contributed by atoms with E-state index < -0.39 is 0 Å². The SMILES string of the molecule is C=C(c1ccc([I-]C(C)CCC(C)C)cc1)C(C)CCC(C)C. The Morgan fingerprint density at radius 2 is 1.35 bits per heavy atom. The quantitative estimate of drug-likeness (QED) is 0.393. The van der Waals surface area contributed by atoms with Crippen LogP contribution in [0.15, 0.2) is 30.8 Å². The molecule has 2 atom stereocenters. The molecule has 0 aliphatic rings. The molecule has 0 aromatic heterocycles. The van der Waals surface area contributed by atoms with Crippen molar-refractivity contribution in [2.75, 3.05) is 0 Å². The van der Waals surface area contributed by atoms with E-state index in [-0.39, 0.29) is 21.2 Å². The molecule has 0 spiro atoms. The number of rotatable bonds is 10. The maximum atomic E-state index is 4.35. The van der Waals surface area contributed by atoms with Gasteiger partial charge in [-0.25, -0.2) is 0 Å². The summed E-state index contributed by atoms with van der Waals surface area (Å²) in [4.78, 5) is 0. The number of allylic oxidation sites excluding steroid dienone is 1. The zero-order valence-corrected chi connectivity index (χ0v) is 18.2. The van der Waals surface area contributed by atoms with Crippen molar-refractivity contribution in [3.8, 4) is 0 Å². The van der Waals surface area contributed by atoms with Crippen molar-refractivity contribution in [1.29, 1.82) is 0 Å². The van der Waals surface area contributed by atoms with Gasteiger partial charge in [0.25, 0.3) is 0 Å². The molecule has 0 aliphatic heterocycles. The molecule has 0 nitrogen and oxygen atoms in total. The Hall–Kier alpha value is -0.310. The van der Waals surface area contributed by atoms with Crippen LogP contribution in [0.3, 0.4) is 0 Å². The topological polar surface area (TPSA) is 0 Å². The van der Waals surface area contributed by atoms with E-state index in [1.54, 1.807) is 3.57 Å². The van der Waals surface area contributed by atoms with Crippen LogP contribution in [0.2, 0.25) is 0 Å². The molecule has 1 heteroatoms. The Balaban J connectivity index is 2.53. The van der Waals surface area contributed by atoms with E-state index in [4.69, 9.17) is 0 Å². The van der Waals surface area contributed by atoms with Crippen molar-refractivity contribution in [3.63, 3.8) is 0 Å². The van der Waals surface area contributed by atoms with Crippen LogP contribution in [0, 0.1) is 21.3 Å². The molecule has 2 unspecified atom stereocenters. The second-order valence-electron chi connectivity index (χ2n) is 7.77. The second kappa shape index (κ2) is 10.5. The molecule has 0 bridgehead atoms. The summed E-state index contributed by atoms with van der Waals surface area (Å²) >= 11 is 0.138. The minimum absolute atomic E-state index is 0.138. The Morgan fingerprint density at radius 1 is 0.826 bits per heavy atom. The molecular formula is C22H36I-. The molecule has 0 N–H and O–H groups in total. The van der Waals surface area contributed by atoms with Crippen LogP contribution in [0.5, 0.6) is 0 Å². The fraction of sp³-hybridized carbons (Fsp3) is 0.636. The van der Waals surface area contributed by atoms with Gasteiger partial charge >= 0.3 is 156 Å². The zero-order valence-electron chi connectivity index (χ0n) is 16.0. The van der Waals surface area contributed by atoms with E-state index in [9.17, 15) is 0 Å². The van der Waals surface area contributed by atoms with Gasteiger partial charge in [0.05, 0.1) is 0 Å². The fourth-order valence-electron chi connectivity index (χ4n) is 2.61. The van der Waals surface area contributed by atoms with Crippen LogP contribution < -0.4 is 21.2 Å². The zero-order chi connectivity index (χ0) is 17.4. The third-order valence-electron chi connectivity index (χ3n) is 4.44. The van der Waals surface area contributed by atoms with Crippen molar-refractivity contribution < 1.29 is 21.2 Å². The standard InChI is InChI=1S/C22H36I/c1-16(2)8-10-18(5)20(7)21-12-14-22(15-13-21)23-19(6)11-9-17(3)4/h12-19H,7-11H2,1-6H3/q-1. The van der Waals surface area contributed by atoms with Crippen LogP contribution in [0.25, 0.3) is 5.57 Å². The molecule has 0 saturated heterocycles. The van der Waals surface area contributed by atoms with Crippen LogP contribution >= 0.6 is 0 Å². The summed E-state index contributed by atoms with van der Waals surface area (Å²) in [5.74, 6) is 2.20. The van der Waals surface area contributed by atoms with E-state index in [1.807, 2.05) is 0 Å². The Labute approximate surface area is 155 Å². The van der Waals surface area contributed by atoms with Crippen LogP contribution in [-0.2, 0) is 0 Å². The van der Waals surface area contributed by atoms with Crippen LogP contribution in [-0.4, -0.2) is 3.92 Å². The van der Waals surface area contributed by atoms with Gasteiger partial charge in [-0.3, -0.25) is 0 Å². The average Bonchev–Trinajstić information content (AvgIpc) is 2.50. The first kappa shape index (κ1) is 20.7. The van der Waals surface area contributed by atoms with Crippen molar-refractivity contribution in [2.24, 2.45) is 17.8 Å². The molecule has 1 aromatic carbocycles. The van der Waals surface area contributed by atoms with Gasteiger partial charge in [-0.1, -0.05) is 0 Å². The first-order valence-electron chi connectivity index (χ1n) is 9.22. The van der Waals surface area contributed by atoms with Gasteiger partial charge in [0.2, 0.25) is 0 Å². The summed E-state index contributed by atoms with van der Waals surface area (Å²) < 4.78 is 2.46. The van der Waals surface area contributed by atoms with Gasteiger partial charge in [-0.15, -0.1) is 0 Å². The van der Waals surface area contributed by atoms with E-state index in [0.29, 0.717) is 5.92 Å². The number of benzene rings is 1. The molecule has 0 aliphatic carbocycles. The Morgan fingerprint density at radius 3 is 1.87 bits per heavy atom. The van der Waals surface area contributed by atoms with Crippen molar-refractivity contribution in [3.05, 3.63) is 40.0 Å². The molecule has 1 rings (SSSR count). The van der Waals surface area contributed by atoms with Crippen molar-refractivity contribution in [1.82, 2.24) is 0 Å². The summed E-state index contributed by atoms with van der Waals surface area (Å²) in [6.07, 6.45) is 5.28. The van der Waals surface area contributed by atoms with E-state index in [1.165, 1.54) is 36.8 Å². The maximum absolute atomic E-state index is 4.35. The van der Waals surface area contributed by atoms with E-state index in [0.717, 1.165) is 15.8 Å². The number of halogens is 1. The van der Waals surface area contributed by atoms with Gasteiger partial charge in [-0.2, -0.15) is 0 Å². The van der Waals surface area contributed by atoms with Crippen LogP contribution in [0.1, 0.15) is 72.8 Å². The molecule has 0 fully saturated rings. The first-order valence-corrected chi connectivity index (χ1v) is 11.5. The second-order valence-corrected chi connectivity index (χ2v) is 11.8. The van der Waals surface area contributed by atoms with Gasteiger partial charge in [0.15, 0.2) is 0 Å². The molecule has 0 saturated carbocycles. The normalized spacial score (nSPS) is 14.4. The third kappa shape index (κ3) is 8.37. The molecule has 1 aromatic rings. The van der Waals surface area contributed by atoms with Gasteiger partial charge in [0.1, 0.15) is 0 Å². The summed E-state index contributed by atoms with van der Waals surface area (Å²) in [7, 11) is 0. The average molecular weight is 427 g/mol. The Bertz CT molecular complexity index is 455. The molecule has 0 heterocycles. The van der Waals surface area contributed by atoms with Gasteiger partial charge in [-0.05, 0) is 0 Å². The van der Waals surface area contributed by atoms with Crippen LogP contribution in [0.4, 0.5) is 0 Å². The van der Waals surface area contributed by atoms with Gasteiger partial charge < -0.3 is 0 Å². The number of hydrogen-bond acceptors (Lipinski definition) is 0. The summed E-state index contributed by atoms with van der Waals surface area (Å²) in [5.41, 5.74) is 2.65. The predicted octanol–water partition coefficient (Wildman–Crippen LogP) is 3.86. The predicted molar refractivity (Wildman–Crippen MR) is 101 cm³/mol. The first-order chi connectivity index (χ1) is 10.8. The molecular weight excluding hydrogens is 391 g/mol. The summed E-state index contributed by atoms with van der Waals surface area (Å²) in [6.45, 7) is 18.3. The Kier molecular flexibility index (Phi) is 9.50. The molecule has 0 amide bonds. The van der Waals surface area contributed by atoms with E-state index in [2.05, 4.69) is 72.4 Å². The third-order valence-corrected chi connectivity index (χ3v) is 7.57. The molecule has 23 heavy (non-hydrogen) atoms. The summed E-state index contributed by atoms with van der Waals surface area (Å²) in [5, 5.41) is 0. The van der Waals surface area contributed by atoms with Crippen molar-refractivity contribution >= 4 is 5.57 Å². The number of alkyl halides is 1. The molecule has 0 radical (unpaired) electrons. The van der Waals surface area contributed by atoms with Gasteiger partial charge in [0, 0.05) is 0 Å². The minimum atomic E-state index is 0.138. The summed E-state index contributed by atoms with van der Waals surface area (Å²) in [6, 6.07) is 9.32.